The summed E-state index contributed by atoms with van der Waals surface area (Å²) in [6.45, 7) is 24.9. The Morgan fingerprint density at radius 1 is 0.481 bits per heavy atom. The molecule has 13 rings (SSSR count). The second-order valence-electron chi connectivity index (χ2n) is 19.6. The van der Waals surface area contributed by atoms with Gasteiger partial charge in [-0.05, 0) is 186 Å². The highest BCUT2D eigenvalue weighted by Gasteiger charge is 2.36. The van der Waals surface area contributed by atoms with Gasteiger partial charge in [0.25, 0.3) is 0 Å². The highest BCUT2D eigenvalue weighted by atomic mass is 16.5. The molecule has 0 aromatic carbocycles. The molecule has 13 heterocycles. The van der Waals surface area contributed by atoms with Crippen molar-refractivity contribution >= 4 is 0 Å². The van der Waals surface area contributed by atoms with E-state index in [4.69, 9.17) is 4.74 Å². The lowest BCUT2D eigenvalue weighted by molar-refractivity contribution is -0.0481. The number of nitrogens with zero attached hydrogens (tertiary/aromatic N) is 7. The Morgan fingerprint density at radius 2 is 1.00 bits per heavy atom. The zero-order chi connectivity index (χ0) is 36.6. The van der Waals surface area contributed by atoms with Gasteiger partial charge in [0, 0.05) is 65.0 Å². The fourth-order valence-electron chi connectivity index (χ4n) is 12.1. The third-order valence-electron chi connectivity index (χ3n) is 15.8. The van der Waals surface area contributed by atoms with Gasteiger partial charge in [-0.1, -0.05) is 26.7 Å². The maximum absolute atomic E-state index is 5.38. The molecule has 13 aliphatic heterocycles. The van der Waals surface area contributed by atoms with Crippen molar-refractivity contribution in [1.29, 1.82) is 0 Å². The Morgan fingerprint density at radius 3 is 1.35 bits per heavy atom. The van der Waals surface area contributed by atoms with Crippen LogP contribution in [0.5, 0.6) is 0 Å². The number of hydrogen-bond donors (Lipinski definition) is 0. The molecule has 0 aromatic heterocycles. The minimum atomic E-state index is 0.544. The molecule has 13 aliphatic rings. The number of likely N-dealkylation sites (N-methyl/N-ethyl adjacent to an activating group) is 2. The van der Waals surface area contributed by atoms with Gasteiger partial charge in [0.05, 0.1) is 6.10 Å². The summed E-state index contributed by atoms with van der Waals surface area (Å²) in [5, 5.41) is 0. The van der Waals surface area contributed by atoms with Crippen LogP contribution in [0.25, 0.3) is 0 Å². The van der Waals surface area contributed by atoms with Crippen molar-refractivity contribution in [2.45, 2.75) is 109 Å². The highest BCUT2D eigenvalue weighted by molar-refractivity contribution is 4.91. The molecule has 0 saturated carbocycles. The van der Waals surface area contributed by atoms with Gasteiger partial charge in [-0.25, -0.2) is 0 Å². The van der Waals surface area contributed by atoms with E-state index in [1.54, 1.807) is 0 Å². The van der Waals surface area contributed by atoms with Gasteiger partial charge < -0.3 is 39.0 Å². The summed E-state index contributed by atoms with van der Waals surface area (Å²) in [4.78, 5) is 17.8. The molecule has 0 aromatic rings. The molecule has 0 radical (unpaired) electrons. The lowest BCUT2D eigenvalue weighted by Crippen LogP contribution is -2.55. The number of rotatable bonds is 5. The van der Waals surface area contributed by atoms with Crippen LogP contribution in [0.15, 0.2) is 0 Å². The van der Waals surface area contributed by atoms with Crippen LogP contribution in [0.4, 0.5) is 0 Å². The minimum Gasteiger partial charge on any atom is -0.380 e. The van der Waals surface area contributed by atoms with Gasteiger partial charge in [0.1, 0.15) is 0 Å². The summed E-state index contributed by atoms with van der Waals surface area (Å²) in [5.41, 5.74) is 0. The van der Waals surface area contributed by atoms with Gasteiger partial charge in [-0.15, -0.1) is 0 Å². The molecule has 0 aliphatic carbocycles. The van der Waals surface area contributed by atoms with Crippen LogP contribution < -0.4 is 0 Å². The van der Waals surface area contributed by atoms with Crippen molar-refractivity contribution in [3.05, 3.63) is 0 Å². The first-order valence-electron chi connectivity index (χ1n) is 22.7. The molecule has 7 unspecified atom stereocenters. The lowest BCUT2D eigenvalue weighted by atomic mass is 9.78. The topological polar surface area (TPSA) is 31.9 Å². The van der Waals surface area contributed by atoms with E-state index in [2.05, 4.69) is 76.3 Å². The van der Waals surface area contributed by atoms with Crippen LogP contribution in [0.2, 0.25) is 0 Å². The van der Waals surface area contributed by atoms with Crippen LogP contribution in [0, 0.1) is 41.4 Å². The Labute approximate surface area is 322 Å². The van der Waals surface area contributed by atoms with Crippen molar-refractivity contribution in [2.75, 3.05) is 133 Å². The molecule has 13 fully saturated rings. The average molecular weight is 728 g/mol. The molecule has 10 bridgehead atoms. The first kappa shape index (κ1) is 41.3. The Bertz CT molecular complexity index is 941. The lowest BCUT2D eigenvalue weighted by Gasteiger charge is -2.47. The van der Waals surface area contributed by atoms with E-state index in [-0.39, 0.29) is 0 Å². The summed E-state index contributed by atoms with van der Waals surface area (Å²) in [5.74, 6) is 7.11. The van der Waals surface area contributed by atoms with Crippen LogP contribution in [-0.4, -0.2) is 186 Å². The van der Waals surface area contributed by atoms with Crippen molar-refractivity contribution in [1.82, 2.24) is 34.3 Å². The van der Waals surface area contributed by atoms with Crippen molar-refractivity contribution < 1.29 is 4.74 Å². The summed E-state index contributed by atoms with van der Waals surface area (Å²) in [6.07, 6.45) is 17.8. The third-order valence-corrected chi connectivity index (χ3v) is 15.8. The van der Waals surface area contributed by atoms with Crippen molar-refractivity contribution in [3.63, 3.8) is 0 Å². The molecular weight excluding hydrogens is 643 g/mol. The number of fused-ring (bicyclic) bond motifs is 13. The largest absolute Gasteiger partial charge is 0.380 e. The normalized spacial score (nSPS) is 44.8. The SMILES string of the molecule is CCC1CN2CCC1CC2.CCC1C[C@@H]2CCN(C1)C2.CN(C)C1CN2CCC1CC2.CN(C)C1C[C@@H]2CCN(C1)C2.COC1CN2CCC1CC2. The number of ether oxygens (including phenoxy) is 1. The maximum Gasteiger partial charge on any atom is 0.0727 e. The molecule has 8 heteroatoms. The molecule has 13 saturated heterocycles. The Balaban J connectivity index is 0.000000112. The van der Waals surface area contributed by atoms with Gasteiger partial charge in [-0.2, -0.15) is 0 Å². The van der Waals surface area contributed by atoms with E-state index >= 15 is 0 Å². The first-order chi connectivity index (χ1) is 25.2. The predicted octanol–water partition coefficient (Wildman–Crippen LogP) is 5.49. The van der Waals surface area contributed by atoms with E-state index < -0.39 is 0 Å². The summed E-state index contributed by atoms with van der Waals surface area (Å²) in [6, 6.07) is 1.67. The highest BCUT2D eigenvalue weighted by Crippen LogP contribution is 2.34. The van der Waals surface area contributed by atoms with Gasteiger partial charge in [0.2, 0.25) is 0 Å². The molecule has 0 N–H and O–H groups in total. The molecule has 9 atom stereocenters. The Kier molecular flexibility index (Phi) is 16.1. The van der Waals surface area contributed by atoms with Crippen molar-refractivity contribution in [2.24, 2.45) is 41.4 Å². The molecular formula is C44H85N7O. The van der Waals surface area contributed by atoms with E-state index in [0.717, 1.165) is 53.5 Å². The fraction of sp³-hybridized carbons (Fsp3) is 1.00. The zero-order valence-electron chi connectivity index (χ0n) is 35.4. The minimum absolute atomic E-state index is 0.544. The summed E-state index contributed by atoms with van der Waals surface area (Å²) in [7, 11) is 10.7. The van der Waals surface area contributed by atoms with Crippen LogP contribution in [0.3, 0.4) is 0 Å². The van der Waals surface area contributed by atoms with Crippen molar-refractivity contribution in [3.8, 4) is 0 Å². The smallest absolute Gasteiger partial charge is 0.0727 e. The fourth-order valence-corrected chi connectivity index (χ4v) is 12.1. The predicted molar refractivity (Wildman–Crippen MR) is 219 cm³/mol. The van der Waals surface area contributed by atoms with Crippen LogP contribution >= 0.6 is 0 Å². The quantitative estimate of drug-likeness (QED) is 0.368. The van der Waals surface area contributed by atoms with E-state index in [9.17, 15) is 0 Å². The van der Waals surface area contributed by atoms with Crippen LogP contribution in [-0.2, 0) is 4.74 Å². The molecule has 8 nitrogen and oxygen atoms in total. The monoisotopic (exact) mass is 728 g/mol. The molecule has 0 spiro atoms. The average Bonchev–Trinajstić information content (AvgIpc) is 3.73. The van der Waals surface area contributed by atoms with Crippen LogP contribution in [0.1, 0.15) is 90.9 Å². The van der Waals surface area contributed by atoms with Gasteiger partial charge in [0.15, 0.2) is 0 Å². The maximum atomic E-state index is 5.38. The molecule has 52 heavy (non-hydrogen) atoms. The van der Waals surface area contributed by atoms with E-state index in [1.165, 1.54) is 175 Å². The second-order valence-corrected chi connectivity index (χ2v) is 19.6. The molecule has 302 valence electrons. The number of hydrogen-bond acceptors (Lipinski definition) is 8. The number of methoxy groups -OCH3 is 1. The first-order valence-corrected chi connectivity index (χ1v) is 22.7. The zero-order valence-corrected chi connectivity index (χ0v) is 35.4. The molecule has 0 amide bonds. The Hall–Kier alpha value is -0.320. The van der Waals surface area contributed by atoms with E-state index in [1.807, 2.05) is 7.11 Å². The number of piperidine rings is 11. The van der Waals surface area contributed by atoms with Gasteiger partial charge in [-0.3, -0.25) is 0 Å². The third kappa shape index (κ3) is 11.4. The van der Waals surface area contributed by atoms with Gasteiger partial charge >= 0.3 is 0 Å². The van der Waals surface area contributed by atoms with E-state index in [0.29, 0.717) is 6.10 Å². The summed E-state index contributed by atoms with van der Waals surface area (Å²) >= 11 is 0. The standard InChI is InChI=1S/2C9H18N2.2C9H17N.C8H15NO/c1-10(2)9-7-11-5-3-8(9)4-6-11;1-10(2)9-5-8-3-4-11(6-8)7-9;1-2-8-7-10-5-3-9(8)4-6-10;1-2-8-5-9-3-4-10(6-8)7-9;1-10-8-6-9-4-2-7(8)3-5-9/h2*8-9H,3-7H2,1-2H3;2*8-9H,2-7H2,1H3;7-8H,2-6H2,1H3/t;8-,9?;;8?,9-;/m.0.0./s1. The second kappa shape index (κ2) is 20.2. The summed E-state index contributed by atoms with van der Waals surface area (Å²) < 4.78 is 5.38.